The second-order valence-corrected chi connectivity index (χ2v) is 5.96. The Hall–Kier alpha value is -0.550. The first-order chi connectivity index (χ1) is 11.2. The Morgan fingerprint density at radius 3 is 2.12 bits per heavy atom. The summed E-state index contributed by atoms with van der Waals surface area (Å²) < 4.78 is 5.66. The zero-order chi connectivity index (χ0) is 16.9. The fourth-order valence-corrected chi connectivity index (χ4v) is 2.55. The van der Waals surface area contributed by atoms with Crippen molar-refractivity contribution in [2.24, 2.45) is 0 Å². The van der Waals surface area contributed by atoms with Crippen molar-refractivity contribution in [2.75, 3.05) is 6.61 Å². The van der Waals surface area contributed by atoms with Crippen LogP contribution in [0.25, 0.3) is 0 Å². The van der Waals surface area contributed by atoms with E-state index in [-0.39, 0.29) is 41.7 Å². The van der Waals surface area contributed by atoms with Gasteiger partial charge in [0.05, 0.1) is 18.8 Å². The van der Waals surface area contributed by atoms with Crippen molar-refractivity contribution in [1.82, 2.24) is 0 Å². The summed E-state index contributed by atoms with van der Waals surface area (Å²) in [5, 5.41) is 18.3. The molecule has 4 nitrogen and oxygen atoms in total. The van der Waals surface area contributed by atoms with Crippen LogP contribution >= 0.6 is 0 Å². The Balaban J connectivity index is 0.00000529. The van der Waals surface area contributed by atoms with Gasteiger partial charge in [0.2, 0.25) is 0 Å². The second kappa shape index (κ2) is 14.8. The van der Waals surface area contributed by atoms with Crippen LogP contribution in [-0.2, 0) is 6.61 Å². The maximum absolute atomic E-state index is 11.0. The molecular weight excluding hydrogens is 315 g/mol. The molecule has 1 aromatic carbocycles. The summed E-state index contributed by atoms with van der Waals surface area (Å²) in [5.41, 5.74) is 0.815. The molecule has 1 rings (SSSR count). The van der Waals surface area contributed by atoms with E-state index in [0.29, 0.717) is 17.9 Å². The van der Waals surface area contributed by atoms with Gasteiger partial charge in [-0.15, -0.1) is 0 Å². The van der Waals surface area contributed by atoms with Crippen molar-refractivity contribution in [2.45, 2.75) is 71.3 Å². The first-order valence-corrected chi connectivity index (χ1v) is 8.79. The molecule has 0 spiro atoms. The number of hydrogen-bond acceptors (Lipinski definition) is 3. The van der Waals surface area contributed by atoms with Crippen LogP contribution in [0.4, 0.5) is 0 Å². The minimum atomic E-state index is -0.984. The second-order valence-electron chi connectivity index (χ2n) is 5.96. The molecular formula is C19H31NaO4. The van der Waals surface area contributed by atoms with Gasteiger partial charge in [0.25, 0.3) is 0 Å². The number of ether oxygens (including phenoxy) is 1. The van der Waals surface area contributed by atoms with Crippen molar-refractivity contribution in [3.63, 3.8) is 0 Å². The van der Waals surface area contributed by atoms with Gasteiger partial charge in [0, 0.05) is 5.56 Å². The van der Waals surface area contributed by atoms with Crippen molar-refractivity contribution in [1.29, 1.82) is 0 Å². The Kier molecular flexibility index (Phi) is 14.4. The Labute approximate surface area is 167 Å². The topological polar surface area (TPSA) is 66.8 Å². The molecule has 0 heterocycles. The first kappa shape index (κ1) is 23.4. The van der Waals surface area contributed by atoms with E-state index in [0.717, 1.165) is 12.8 Å². The fraction of sp³-hybridized carbons (Fsp3) is 0.632. The molecule has 0 amide bonds. The van der Waals surface area contributed by atoms with Gasteiger partial charge < -0.3 is 14.9 Å². The first-order valence-electron chi connectivity index (χ1n) is 8.79. The van der Waals surface area contributed by atoms with Gasteiger partial charge in [0.1, 0.15) is 5.75 Å². The summed E-state index contributed by atoms with van der Waals surface area (Å²) in [7, 11) is 0. The number of aliphatic hydroxyl groups is 1. The van der Waals surface area contributed by atoms with Crippen molar-refractivity contribution in [3.05, 3.63) is 29.3 Å². The van der Waals surface area contributed by atoms with Crippen LogP contribution in [0.2, 0.25) is 0 Å². The molecule has 0 saturated heterocycles. The normalized spacial score (nSPS) is 10.2. The molecule has 0 fully saturated rings. The van der Waals surface area contributed by atoms with Gasteiger partial charge >= 0.3 is 35.5 Å². The third-order valence-electron chi connectivity index (χ3n) is 3.99. The zero-order valence-corrected chi connectivity index (χ0v) is 14.2. The van der Waals surface area contributed by atoms with Gasteiger partial charge in [-0.1, -0.05) is 64.4 Å². The molecule has 0 saturated carbocycles. The van der Waals surface area contributed by atoms with E-state index < -0.39 is 5.97 Å². The van der Waals surface area contributed by atoms with E-state index in [1.165, 1.54) is 57.1 Å². The Bertz CT molecular complexity index is 463. The summed E-state index contributed by atoms with van der Waals surface area (Å²) in [6, 6.07) is 4.58. The van der Waals surface area contributed by atoms with Crippen molar-refractivity contribution < 1.29 is 19.7 Å². The number of carboxylic acids is 1. The van der Waals surface area contributed by atoms with Crippen LogP contribution in [0.5, 0.6) is 5.75 Å². The van der Waals surface area contributed by atoms with E-state index in [4.69, 9.17) is 9.84 Å². The monoisotopic (exact) mass is 346 g/mol. The molecule has 0 aliphatic heterocycles. The van der Waals surface area contributed by atoms with E-state index in [1.807, 2.05) is 0 Å². The van der Waals surface area contributed by atoms with Crippen LogP contribution in [0.15, 0.2) is 18.2 Å². The molecule has 5 heteroatoms. The molecule has 24 heavy (non-hydrogen) atoms. The van der Waals surface area contributed by atoms with Crippen LogP contribution < -0.4 is 4.74 Å². The van der Waals surface area contributed by atoms with E-state index in [9.17, 15) is 9.90 Å². The summed E-state index contributed by atoms with van der Waals surface area (Å²) in [6.45, 7) is 2.65. The number of hydrogen-bond donors (Lipinski definition) is 2. The Morgan fingerprint density at radius 1 is 1.00 bits per heavy atom. The van der Waals surface area contributed by atoms with Gasteiger partial charge in [0.15, 0.2) is 0 Å². The van der Waals surface area contributed by atoms with Gasteiger partial charge in [-0.05, 0) is 18.6 Å². The average molecular weight is 346 g/mol. The van der Waals surface area contributed by atoms with Crippen LogP contribution in [0, 0.1) is 0 Å². The standard InChI is InChI=1S/C19H30O4.Na.H/c1-2-3-4-5-6-7-8-9-10-13-23-18-14-16(19(21)22)11-12-17(18)15-20;;/h11-12,14,20H,2-10,13,15H2,1H3,(H,21,22);;. The number of unbranched alkanes of at least 4 members (excludes halogenated alkanes) is 8. The molecule has 0 unspecified atom stereocenters. The summed E-state index contributed by atoms with van der Waals surface area (Å²) in [5.74, 6) is -0.505. The predicted octanol–water partition coefficient (Wildman–Crippen LogP) is 4.14. The molecule has 0 bridgehead atoms. The Morgan fingerprint density at radius 2 is 1.58 bits per heavy atom. The zero-order valence-electron chi connectivity index (χ0n) is 14.2. The predicted molar refractivity (Wildman–Crippen MR) is 99.2 cm³/mol. The number of rotatable bonds is 13. The maximum atomic E-state index is 11.0. The van der Waals surface area contributed by atoms with E-state index in [2.05, 4.69) is 6.92 Å². The number of carboxylic acid groups (broad SMARTS) is 1. The van der Waals surface area contributed by atoms with E-state index >= 15 is 0 Å². The molecule has 0 aromatic heterocycles. The molecule has 0 radical (unpaired) electrons. The third kappa shape index (κ3) is 9.67. The number of carbonyl (C=O) groups is 1. The molecule has 132 valence electrons. The van der Waals surface area contributed by atoms with Gasteiger partial charge in [-0.3, -0.25) is 0 Å². The van der Waals surface area contributed by atoms with Crippen molar-refractivity contribution >= 4 is 35.5 Å². The minimum absolute atomic E-state index is 0. The fourth-order valence-electron chi connectivity index (χ4n) is 2.55. The number of aliphatic hydroxyl groups excluding tert-OH is 1. The SMILES string of the molecule is CCCCCCCCCCCOc1cc(C(=O)O)ccc1CO.[NaH]. The molecule has 2 N–H and O–H groups in total. The molecule has 0 aliphatic carbocycles. The molecule has 1 aromatic rings. The quantitative estimate of drug-likeness (QED) is 0.416. The van der Waals surface area contributed by atoms with E-state index in [1.54, 1.807) is 6.07 Å². The summed E-state index contributed by atoms with van der Waals surface area (Å²) in [4.78, 5) is 11.0. The molecule has 0 aliphatic rings. The number of benzene rings is 1. The van der Waals surface area contributed by atoms with Crippen LogP contribution in [-0.4, -0.2) is 52.3 Å². The van der Waals surface area contributed by atoms with Crippen LogP contribution in [0.1, 0.15) is 80.6 Å². The van der Waals surface area contributed by atoms with Crippen LogP contribution in [0.3, 0.4) is 0 Å². The van der Waals surface area contributed by atoms with Gasteiger partial charge in [-0.25, -0.2) is 4.79 Å². The summed E-state index contributed by atoms with van der Waals surface area (Å²) >= 11 is 0. The third-order valence-corrected chi connectivity index (χ3v) is 3.99. The molecule has 0 atom stereocenters. The number of aromatic carboxylic acids is 1. The van der Waals surface area contributed by atoms with Crippen molar-refractivity contribution in [3.8, 4) is 5.75 Å². The van der Waals surface area contributed by atoms with Gasteiger partial charge in [-0.2, -0.15) is 0 Å². The average Bonchev–Trinajstić information content (AvgIpc) is 2.56. The summed E-state index contributed by atoms with van der Waals surface area (Å²) in [6.07, 6.45) is 11.2.